The number of nitrogens with one attached hydrogen (secondary N) is 3. The summed E-state index contributed by atoms with van der Waals surface area (Å²) in [5.41, 5.74) is 2.19. The number of likely N-dealkylation sites (tertiary alicyclic amines) is 1. The van der Waals surface area contributed by atoms with Crippen LogP contribution in [0, 0.1) is 0 Å². The molecule has 2 aliphatic rings. The number of carbonyl (C=O) groups is 3. The van der Waals surface area contributed by atoms with E-state index >= 15 is 0 Å². The van der Waals surface area contributed by atoms with Gasteiger partial charge in [0, 0.05) is 60.3 Å². The van der Waals surface area contributed by atoms with Crippen LogP contribution in [0.1, 0.15) is 44.2 Å². The number of H-pyrrole nitrogens is 1. The monoisotopic (exact) mass is 550 g/mol. The van der Waals surface area contributed by atoms with E-state index in [1.165, 1.54) is 18.3 Å². The first-order chi connectivity index (χ1) is 16.8. The van der Waals surface area contributed by atoms with Gasteiger partial charge in [-0.2, -0.15) is 0 Å². The zero-order chi connectivity index (χ0) is 24.7. The van der Waals surface area contributed by atoms with Gasteiger partial charge in [0.15, 0.2) is 5.01 Å². The maximum Gasteiger partial charge on any atom is 0.280 e. The second-order valence-corrected chi connectivity index (χ2v) is 10.7. The summed E-state index contributed by atoms with van der Waals surface area (Å²) in [7, 11) is 2.06. The van der Waals surface area contributed by atoms with E-state index < -0.39 is 6.04 Å². The summed E-state index contributed by atoms with van der Waals surface area (Å²) in [6.45, 7) is 4.06. The number of likely N-dealkylation sites (N-methyl/N-ethyl adjacent to an activating group) is 1. The van der Waals surface area contributed by atoms with E-state index in [0.717, 1.165) is 41.0 Å². The van der Waals surface area contributed by atoms with Crippen LogP contribution in [0.4, 0.5) is 0 Å². The first-order valence-corrected chi connectivity index (χ1v) is 12.8. The molecular formula is C24H28Cl2N6O3S. The predicted molar refractivity (Wildman–Crippen MR) is 142 cm³/mol. The molecule has 1 fully saturated rings. The van der Waals surface area contributed by atoms with Crippen molar-refractivity contribution in [3.8, 4) is 0 Å². The number of nitrogens with zero attached hydrogens (tertiary/aromatic N) is 3. The lowest BCUT2D eigenvalue weighted by molar-refractivity contribution is -0.130. The van der Waals surface area contributed by atoms with Crippen LogP contribution in [0.2, 0.25) is 5.02 Å². The van der Waals surface area contributed by atoms with Crippen molar-refractivity contribution in [3.05, 3.63) is 50.6 Å². The van der Waals surface area contributed by atoms with Crippen molar-refractivity contribution in [2.24, 2.45) is 0 Å². The Morgan fingerprint density at radius 2 is 1.92 bits per heavy atom. The second-order valence-electron chi connectivity index (χ2n) is 9.20. The van der Waals surface area contributed by atoms with Gasteiger partial charge < -0.3 is 25.4 Å². The maximum atomic E-state index is 13.1. The molecule has 3 N–H and O–H groups in total. The topological polar surface area (TPSA) is 110 Å². The van der Waals surface area contributed by atoms with Gasteiger partial charge in [0.25, 0.3) is 11.8 Å². The smallest absolute Gasteiger partial charge is 0.280 e. The highest BCUT2D eigenvalue weighted by Gasteiger charge is 2.34. The van der Waals surface area contributed by atoms with E-state index in [0.29, 0.717) is 35.2 Å². The lowest BCUT2D eigenvalue weighted by atomic mass is 9.98. The van der Waals surface area contributed by atoms with Crippen molar-refractivity contribution in [1.29, 1.82) is 0 Å². The molecule has 5 rings (SSSR count). The summed E-state index contributed by atoms with van der Waals surface area (Å²) in [5, 5.41) is 7.96. The van der Waals surface area contributed by atoms with E-state index in [-0.39, 0.29) is 36.2 Å². The van der Waals surface area contributed by atoms with Crippen LogP contribution >= 0.6 is 35.3 Å². The van der Waals surface area contributed by atoms with Gasteiger partial charge in [-0.15, -0.1) is 23.7 Å². The molecule has 4 heterocycles. The summed E-state index contributed by atoms with van der Waals surface area (Å²) < 4.78 is 0. The first-order valence-electron chi connectivity index (χ1n) is 11.6. The van der Waals surface area contributed by atoms with Gasteiger partial charge >= 0.3 is 0 Å². The molecule has 36 heavy (non-hydrogen) atoms. The van der Waals surface area contributed by atoms with Crippen LogP contribution in [0.25, 0.3) is 10.9 Å². The Balaban J connectivity index is 0.00000304. The SMILES string of the molecule is CC(=O)N1CCC(NC(=O)c2nc3c(s2)CN(C)CC3)C(NC(=O)c2cc3cc(Cl)ccc3[nH]2)C1.Cl. The van der Waals surface area contributed by atoms with Crippen molar-refractivity contribution in [3.63, 3.8) is 0 Å². The Kier molecular flexibility index (Phi) is 7.89. The molecule has 2 aliphatic heterocycles. The predicted octanol–water partition coefficient (Wildman–Crippen LogP) is 2.84. The summed E-state index contributed by atoms with van der Waals surface area (Å²) in [6.07, 6.45) is 1.37. The van der Waals surface area contributed by atoms with Crippen molar-refractivity contribution in [2.75, 3.05) is 26.7 Å². The number of piperidine rings is 1. The van der Waals surface area contributed by atoms with E-state index in [1.807, 2.05) is 6.07 Å². The van der Waals surface area contributed by atoms with Crippen molar-refractivity contribution < 1.29 is 14.4 Å². The van der Waals surface area contributed by atoms with Gasteiger partial charge in [0.05, 0.1) is 17.8 Å². The number of thiazole rings is 1. The Labute approximate surface area is 224 Å². The molecule has 1 aromatic carbocycles. The van der Waals surface area contributed by atoms with Crippen molar-refractivity contribution >= 4 is 64.0 Å². The van der Waals surface area contributed by atoms with Crippen LogP contribution in [0.15, 0.2) is 24.3 Å². The number of amides is 3. The van der Waals surface area contributed by atoms with Crippen LogP contribution in [-0.4, -0.2) is 76.3 Å². The molecule has 9 nitrogen and oxygen atoms in total. The molecule has 2 atom stereocenters. The summed E-state index contributed by atoms with van der Waals surface area (Å²) in [6, 6.07) is 6.34. The average molecular weight is 552 g/mol. The minimum atomic E-state index is -0.445. The number of rotatable bonds is 4. The quantitative estimate of drug-likeness (QED) is 0.462. The first kappa shape index (κ1) is 26.4. The Bertz CT molecular complexity index is 1310. The molecule has 2 unspecified atom stereocenters. The van der Waals surface area contributed by atoms with Gasteiger partial charge in [-0.25, -0.2) is 4.98 Å². The minimum Gasteiger partial charge on any atom is -0.351 e. The largest absolute Gasteiger partial charge is 0.351 e. The highest BCUT2D eigenvalue weighted by Crippen LogP contribution is 2.25. The number of hydrogen-bond acceptors (Lipinski definition) is 6. The van der Waals surface area contributed by atoms with Crippen LogP contribution < -0.4 is 10.6 Å². The summed E-state index contributed by atoms with van der Waals surface area (Å²) in [5.74, 6) is -0.612. The second kappa shape index (κ2) is 10.8. The van der Waals surface area contributed by atoms with Gasteiger partial charge in [0.1, 0.15) is 5.69 Å². The lowest BCUT2D eigenvalue weighted by Crippen LogP contribution is -2.61. The van der Waals surface area contributed by atoms with E-state index in [4.69, 9.17) is 11.6 Å². The molecule has 3 amide bonds. The molecule has 0 saturated carbocycles. The zero-order valence-electron chi connectivity index (χ0n) is 20.0. The average Bonchev–Trinajstić information content (AvgIpc) is 3.43. The maximum absolute atomic E-state index is 13.1. The molecule has 192 valence electrons. The number of carbonyl (C=O) groups excluding carboxylic acids is 3. The standard InChI is InChI=1S/C24H27ClN6O3S.ClH/c1-13(32)31-8-6-17(27-23(34)24-29-18-5-7-30(2)12-21(18)35-24)20(11-31)28-22(33)19-10-14-9-15(25)3-4-16(14)26-19;/h3-4,9-10,17,20,26H,5-8,11-12H2,1-2H3,(H,27,34)(H,28,33);1H. The summed E-state index contributed by atoms with van der Waals surface area (Å²) in [4.78, 5) is 50.9. The molecule has 0 spiro atoms. The fourth-order valence-corrected chi connectivity index (χ4v) is 5.95. The number of halogens is 2. The molecular weight excluding hydrogens is 523 g/mol. The van der Waals surface area contributed by atoms with Gasteiger partial charge in [-0.3, -0.25) is 14.4 Å². The molecule has 0 bridgehead atoms. The van der Waals surface area contributed by atoms with Crippen LogP contribution in [0.3, 0.4) is 0 Å². The van der Waals surface area contributed by atoms with Crippen molar-refractivity contribution in [1.82, 2.24) is 30.4 Å². The van der Waals surface area contributed by atoms with Gasteiger partial charge in [0.2, 0.25) is 5.91 Å². The third kappa shape index (κ3) is 5.51. The fraction of sp³-hybridized carbons (Fsp3) is 0.417. The molecule has 0 radical (unpaired) electrons. The number of aromatic nitrogens is 2. The van der Waals surface area contributed by atoms with Crippen molar-refractivity contribution in [2.45, 2.75) is 38.4 Å². The van der Waals surface area contributed by atoms with E-state index in [1.54, 1.807) is 23.1 Å². The van der Waals surface area contributed by atoms with Crippen LogP contribution in [0.5, 0.6) is 0 Å². The normalized spacial score (nSPS) is 19.9. The minimum absolute atomic E-state index is 0. The van der Waals surface area contributed by atoms with E-state index in [2.05, 4.69) is 32.5 Å². The number of hydrogen-bond donors (Lipinski definition) is 3. The van der Waals surface area contributed by atoms with Gasteiger partial charge in [-0.05, 0) is 37.7 Å². The summed E-state index contributed by atoms with van der Waals surface area (Å²) >= 11 is 7.49. The molecule has 3 aromatic rings. The fourth-order valence-electron chi connectivity index (χ4n) is 4.68. The Morgan fingerprint density at radius 3 is 2.69 bits per heavy atom. The Morgan fingerprint density at radius 1 is 1.14 bits per heavy atom. The highest BCUT2D eigenvalue weighted by molar-refractivity contribution is 7.13. The lowest BCUT2D eigenvalue weighted by Gasteiger charge is -2.38. The van der Waals surface area contributed by atoms with Gasteiger partial charge in [-0.1, -0.05) is 11.6 Å². The number of fused-ring (bicyclic) bond motifs is 2. The molecule has 0 aliphatic carbocycles. The number of aromatic amines is 1. The molecule has 12 heteroatoms. The Hall–Kier alpha value is -2.66. The number of benzene rings is 1. The zero-order valence-corrected chi connectivity index (χ0v) is 22.4. The molecule has 2 aromatic heterocycles. The van der Waals surface area contributed by atoms with E-state index in [9.17, 15) is 14.4 Å². The third-order valence-corrected chi connectivity index (χ3v) is 7.95. The van der Waals surface area contributed by atoms with Crippen LogP contribution in [-0.2, 0) is 17.8 Å². The molecule has 1 saturated heterocycles. The third-order valence-electron chi connectivity index (χ3n) is 6.63. The highest BCUT2D eigenvalue weighted by atomic mass is 35.5.